The van der Waals surface area contributed by atoms with Gasteiger partial charge in [-0.2, -0.15) is 0 Å². The lowest BCUT2D eigenvalue weighted by molar-refractivity contribution is -0.127. The number of anilines is 1. The average molecular weight is 361 g/mol. The van der Waals surface area contributed by atoms with Crippen molar-refractivity contribution >= 4 is 23.6 Å². The summed E-state index contributed by atoms with van der Waals surface area (Å²) in [7, 11) is 1.80. The molecule has 0 bridgehead atoms. The maximum absolute atomic E-state index is 12.4. The van der Waals surface area contributed by atoms with Gasteiger partial charge in [-0.1, -0.05) is 11.8 Å². The van der Waals surface area contributed by atoms with Crippen molar-refractivity contribution in [2.45, 2.75) is 43.4 Å². The van der Waals surface area contributed by atoms with Crippen LogP contribution in [0.3, 0.4) is 0 Å². The zero-order chi connectivity index (χ0) is 17.2. The Morgan fingerprint density at radius 1 is 1.36 bits per heavy atom. The molecule has 0 unspecified atom stereocenters. The molecule has 1 saturated heterocycles. The zero-order valence-electron chi connectivity index (χ0n) is 14.4. The van der Waals surface area contributed by atoms with Crippen molar-refractivity contribution in [3.63, 3.8) is 0 Å². The maximum Gasteiger partial charge on any atom is 0.233 e. The van der Waals surface area contributed by atoms with E-state index in [1.54, 1.807) is 18.2 Å². The highest BCUT2D eigenvalue weighted by Crippen LogP contribution is 2.41. The molecule has 25 heavy (non-hydrogen) atoms. The normalized spacial score (nSPS) is 17.2. The Bertz CT molecular complexity index is 719. The minimum atomic E-state index is 0.0643. The minimum Gasteiger partial charge on any atom is -0.467 e. The number of rotatable bonds is 7. The van der Waals surface area contributed by atoms with E-state index in [9.17, 15) is 4.79 Å². The van der Waals surface area contributed by atoms with Crippen LogP contribution in [0.1, 0.15) is 37.5 Å². The molecule has 8 heteroatoms. The van der Waals surface area contributed by atoms with Gasteiger partial charge in [-0.05, 0) is 37.8 Å². The Labute approximate surface area is 151 Å². The maximum atomic E-state index is 12.4. The summed E-state index contributed by atoms with van der Waals surface area (Å²) in [6.45, 7) is 2.60. The van der Waals surface area contributed by atoms with Crippen LogP contribution in [0.25, 0.3) is 0 Å². The van der Waals surface area contributed by atoms with Crippen LogP contribution in [0.4, 0.5) is 5.95 Å². The van der Waals surface area contributed by atoms with E-state index in [-0.39, 0.29) is 5.91 Å². The van der Waals surface area contributed by atoms with Gasteiger partial charge in [-0.25, -0.2) is 0 Å². The van der Waals surface area contributed by atoms with Crippen LogP contribution >= 0.6 is 11.8 Å². The summed E-state index contributed by atoms with van der Waals surface area (Å²) in [5.41, 5.74) is 0. The molecule has 1 saturated carbocycles. The molecule has 2 aromatic rings. The number of carbonyl (C=O) groups is 1. The number of nitrogens with zero attached hydrogens (tertiary/aromatic N) is 5. The highest BCUT2D eigenvalue weighted by molar-refractivity contribution is 7.99. The smallest absolute Gasteiger partial charge is 0.233 e. The SMILES string of the molecule is CN(Cc1ccco1)C(=O)CSc1nnc(N2CCCC2)n1C1CC1. The van der Waals surface area contributed by atoms with Crippen molar-refractivity contribution in [3.8, 4) is 0 Å². The lowest BCUT2D eigenvalue weighted by atomic mass is 10.4. The standard InChI is InChI=1S/C17H23N5O2S/c1-20(11-14-5-4-10-24-14)15(23)12-25-17-19-18-16(21-8-2-3-9-21)22(17)13-6-7-13/h4-5,10,13H,2-3,6-9,11-12H2,1H3. The third-order valence-electron chi connectivity index (χ3n) is 4.67. The highest BCUT2D eigenvalue weighted by Gasteiger charge is 2.32. The summed E-state index contributed by atoms with van der Waals surface area (Å²) in [5, 5.41) is 9.66. The average Bonchev–Trinajstić information content (AvgIpc) is 3.04. The second-order valence-electron chi connectivity index (χ2n) is 6.70. The van der Waals surface area contributed by atoms with Crippen molar-refractivity contribution in [1.82, 2.24) is 19.7 Å². The fourth-order valence-electron chi connectivity index (χ4n) is 3.11. The van der Waals surface area contributed by atoms with E-state index in [1.165, 1.54) is 37.4 Å². The molecule has 0 N–H and O–H groups in total. The molecule has 0 atom stereocenters. The molecule has 2 aromatic heterocycles. The van der Waals surface area contributed by atoms with Crippen LogP contribution in [0, 0.1) is 0 Å². The van der Waals surface area contributed by atoms with Gasteiger partial charge in [0.2, 0.25) is 11.9 Å². The van der Waals surface area contributed by atoms with Gasteiger partial charge in [-0.3, -0.25) is 9.36 Å². The molecule has 4 rings (SSSR count). The van der Waals surface area contributed by atoms with Gasteiger partial charge in [0.05, 0.1) is 18.6 Å². The minimum absolute atomic E-state index is 0.0643. The molecule has 1 aliphatic heterocycles. The number of amides is 1. The Morgan fingerprint density at radius 3 is 2.84 bits per heavy atom. The van der Waals surface area contributed by atoms with E-state index in [0.29, 0.717) is 18.3 Å². The van der Waals surface area contributed by atoms with E-state index in [4.69, 9.17) is 4.42 Å². The zero-order valence-corrected chi connectivity index (χ0v) is 15.2. The first kappa shape index (κ1) is 16.5. The molecule has 3 heterocycles. The predicted molar refractivity (Wildman–Crippen MR) is 95.6 cm³/mol. The summed E-state index contributed by atoms with van der Waals surface area (Å²) in [6, 6.07) is 4.22. The van der Waals surface area contributed by atoms with E-state index in [2.05, 4.69) is 19.7 Å². The van der Waals surface area contributed by atoms with Crippen LogP contribution in [-0.2, 0) is 11.3 Å². The first-order chi connectivity index (χ1) is 12.2. The van der Waals surface area contributed by atoms with E-state index in [1.807, 2.05) is 12.1 Å². The number of aromatic nitrogens is 3. The Kier molecular flexibility index (Phi) is 4.70. The van der Waals surface area contributed by atoms with Crippen LogP contribution in [0.5, 0.6) is 0 Å². The van der Waals surface area contributed by atoms with E-state index >= 15 is 0 Å². The molecular weight excluding hydrogens is 338 g/mol. The van der Waals surface area contributed by atoms with Crippen LogP contribution in [0.15, 0.2) is 28.0 Å². The predicted octanol–water partition coefficient (Wildman–Crippen LogP) is 2.56. The fraction of sp³-hybridized carbons (Fsp3) is 0.588. The molecule has 134 valence electrons. The number of carbonyl (C=O) groups excluding carboxylic acids is 1. The lowest BCUT2D eigenvalue weighted by Crippen LogP contribution is -2.27. The van der Waals surface area contributed by atoms with Crippen molar-refractivity contribution in [2.24, 2.45) is 0 Å². The van der Waals surface area contributed by atoms with Gasteiger partial charge in [0.15, 0.2) is 5.16 Å². The van der Waals surface area contributed by atoms with E-state index < -0.39 is 0 Å². The van der Waals surface area contributed by atoms with Gasteiger partial charge < -0.3 is 14.2 Å². The molecule has 1 amide bonds. The highest BCUT2D eigenvalue weighted by atomic mass is 32.2. The Balaban J connectivity index is 1.39. The summed E-state index contributed by atoms with van der Waals surface area (Å²) in [5.74, 6) is 2.20. The second-order valence-corrected chi connectivity index (χ2v) is 7.64. The molecule has 7 nitrogen and oxygen atoms in total. The summed E-state index contributed by atoms with van der Waals surface area (Å²) in [6.07, 6.45) is 6.42. The third-order valence-corrected chi connectivity index (χ3v) is 5.60. The van der Waals surface area contributed by atoms with Gasteiger partial charge in [0.1, 0.15) is 5.76 Å². The molecule has 2 aliphatic rings. The van der Waals surface area contributed by atoms with Crippen LogP contribution in [0.2, 0.25) is 0 Å². The molecule has 2 fully saturated rings. The van der Waals surface area contributed by atoms with Gasteiger partial charge >= 0.3 is 0 Å². The first-order valence-electron chi connectivity index (χ1n) is 8.81. The first-order valence-corrected chi connectivity index (χ1v) is 9.80. The molecular formula is C17H23N5O2S. The monoisotopic (exact) mass is 361 g/mol. The Hall–Kier alpha value is -1.96. The molecule has 0 radical (unpaired) electrons. The second kappa shape index (κ2) is 7.11. The largest absolute Gasteiger partial charge is 0.467 e. The third kappa shape index (κ3) is 3.68. The number of thioether (sulfide) groups is 1. The number of hydrogen-bond acceptors (Lipinski definition) is 6. The van der Waals surface area contributed by atoms with Crippen LogP contribution in [-0.4, -0.2) is 51.5 Å². The van der Waals surface area contributed by atoms with E-state index in [0.717, 1.165) is 30.0 Å². The quantitative estimate of drug-likeness (QED) is 0.706. The molecule has 0 spiro atoms. The van der Waals surface area contributed by atoms with Crippen molar-refractivity contribution in [1.29, 1.82) is 0 Å². The lowest BCUT2D eigenvalue weighted by Gasteiger charge is -2.18. The van der Waals surface area contributed by atoms with Crippen molar-refractivity contribution in [2.75, 3.05) is 30.8 Å². The molecule has 1 aliphatic carbocycles. The summed E-state index contributed by atoms with van der Waals surface area (Å²) in [4.78, 5) is 16.4. The fourth-order valence-corrected chi connectivity index (χ4v) is 4.06. The van der Waals surface area contributed by atoms with Crippen molar-refractivity contribution < 1.29 is 9.21 Å². The summed E-state index contributed by atoms with van der Waals surface area (Å²) >= 11 is 1.48. The van der Waals surface area contributed by atoms with Gasteiger partial charge in [-0.15, -0.1) is 10.2 Å². The van der Waals surface area contributed by atoms with Gasteiger partial charge in [0, 0.05) is 26.2 Å². The topological polar surface area (TPSA) is 67.4 Å². The van der Waals surface area contributed by atoms with Crippen LogP contribution < -0.4 is 4.90 Å². The van der Waals surface area contributed by atoms with Gasteiger partial charge in [0.25, 0.3) is 0 Å². The van der Waals surface area contributed by atoms with Crippen molar-refractivity contribution in [3.05, 3.63) is 24.2 Å². The molecule has 0 aromatic carbocycles. The number of furan rings is 1. The Morgan fingerprint density at radius 2 is 2.16 bits per heavy atom. The summed E-state index contributed by atoms with van der Waals surface area (Å²) < 4.78 is 7.55. The number of hydrogen-bond donors (Lipinski definition) is 0.